The van der Waals surface area contributed by atoms with Crippen LogP contribution >= 0.6 is 0 Å². The molecule has 1 N–H and O–H groups in total. The van der Waals surface area contributed by atoms with Crippen molar-refractivity contribution in [1.82, 2.24) is 9.78 Å². The van der Waals surface area contributed by atoms with Gasteiger partial charge in [-0.3, -0.25) is 9.89 Å². The topological polar surface area (TPSA) is 37.8 Å². The zero-order valence-electron chi connectivity index (χ0n) is 9.48. The van der Waals surface area contributed by atoms with Crippen molar-refractivity contribution in [1.29, 1.82) is 0 Å². The van der Waals surface area contributed by atoms with Gasteiger partial charge < -0.3 is 0 Å². The highest BCUT2D eigenvalue weighted by Gasteiger charge is 2.36. The molecular formula is C11H7F5N2O. The number of halogens is 5. The van der Waals surface area contributed by atoms with Crippen molar-refractivity contribution in [2.24, 2.45) is 0 Å². The number of nitrogens with zero attached hydrogens (tertiary/aromatic N) is 1. The molecular weight excluding hydrogens is 271 g/mol. The summed E-state index contributed by atoms with van der Waals surface area (Å²) in [7, 11) is 0. The van der Waals surface area contributed by atoms with Crippen LogP contribution in [-0.2, 0) is 6.18 Å². The summed E-state index contributed by atoms with van der Waals surface area (Å²) in [5.41, 5.74) is -3.37. The predicted molar refractivity (Wildman–Crippen MR) is 56.0 cm³/mol. The molecule has 2 aromatic rings. The van der Waals surface area contributed by atoms with Gasteiger partial charge in [0, 0.05) is 11.6 Å². The first-order chi connectivity index (χ1) is 8.71. The third-order valence-electron chi connectivity index (χ3n) is 2.56. The van der Waals surface area contributed by atoms with E-state index in [4.69, 9.17) is 0 Å². The molecule has 0 saturated heterocycles. The summed E-state index contributed by atoms with van der Waals surface area (Å²) < 4.78 is 64.3. The SMILES string of the molecule is Cc1c(C(F)(F)F)[nH]n(-c2ccc(F)cc2F)c1=O. The Balaban J connectivity index is 2.68. The molecule has 0 aliphatic heterocycles. The van der Waals surface area contributed by atoms with Gasteiger partial charge in [-0.15, -0.1) is 0 Å². The van der Waals surface area contributed by atoms with E-state index in [-0.39, 0.29) is 0 Å². The highest BCUT2D eigenvalue weighted by atomic mass is 19.4. The number of hydrogen-bond donors (Lipinski definition) is 1. The molecule has 0 aliphatic rings. The van der Waals surface area contributed by atoms with Crippen molar-refractivity contribution in [3.8, 4) is 5.69 Å². The third kappa shape index (κ3) is 2.25. The first-order valence-electron chi connectivity index (χ1n) is 5.06. The zero-order valence-corrected chi connectivity index (χ0v) is 9.48. The molecule has 0 radical (unpaired) electrons. The van der Waals surface area contributed by atoms with Gasteiger partial charge in [-0.1, -0.05) is 0 Å². The van der Waals surface area contributed by atoms with Crippen molar-refractivity contribution in [2.75, 3.05) is 0 Å². The molecule has 0 saturated carbocycles. The van der Waals surface area contributed by atoms with E-state index in [2.05, 4.69) is 0 Å². The first kappa shape index (κ1) is 13.3. The minimum atomic E-state index is -4.76. The second kappa shape index (κ2) is 4.22. The highest BCUT2D eigenvalue weighted by Crippen LogP contribution is 2.29. The van der Waals surface area contributed by atoms with Crippen LogP contribution in [0.3, 0.4) is 0 Å². The first-order valence-corrected chi connectivity index (χ1v) is 5.06. The number of aromatic amines is 1. The molecule has 0 aliphatic carbocycles. The van der Waals surface area contributed by atoms with E-state index in [9.17, 15) is 26.7 Å². The molecule has 19 heavy (non-hydrogen) atoms. The van der Waals surface area contributed by atoms with Gasteiger partial charge in [0.1, 0.15) is 17.2 Å². The van der Waals surface area contributed by atoms with E-state index in [0.717, 1.165) is 19.1 Å². The van der Waals surface area contributed by atoms with Gasteiger partial charge in [-0.2, -0.15) is 13.2 Å². The minimum absolute atomic E-state index is 0.396. The average molecular weight is 278 g/mol. The van der Waals surface area contributed by atoms with Crippen molar-refractivity contribution < 1.29 is 22.0 Å². The van der Waals surface area contributed by atoms with E-state index >= 15 is 0 Å². The van der Waals surface area contributed by atoms with Gasteiger partial charge in [0.15, 0.2) is 5.82 Å². The fourth-order valence-corrected chi connectivity index (χ4v) is 1.63. The Bertz CT molecular complexity index is 683. The molecule has 0 amide bonds. The molecule has 0 fully saturated rings. The fraction of sp³-hybridized carbons (Fsp3) is 0.182. The average Bonchev–Trinajstić information content (AvgIpc) is 2.56. The number of nitrogens with one attached hydrogen (secondary N) is 1. The maximum atomic E-state index is 13.5. The lowest BCUT2D eigenvalue weighted by molar-refractivity contribution is -0.141. The van der Waals surface area contributed by atoms with Crippen LogP contribution in [-0.4, -0.2) is 9.78 Å². The third-order valence-corrected chi connectivity index (χ3v) is 2.56. The summed E-state index contributed by atoms with van der Waals surface area (Å²) in [6.07, 6.45) is -4.76. The Morgan fingerprint density at radius 3 is 2.32 bits per heavy atom. The van der Waals surface area contributed by atoms with Crippen LogP contribution in [0.2, 0.25) is 0 Å². The Morgan fingerprint density at radius 1 is 1.21 bits per heavy atom. The summed E-state index contributed by atoms with van der Waals surface area (Å²) in [5, 5.41) is 1.78. The van der Waals surface area contributed by atoms with Crippen LogP contribution in [0.15, 0.2) is 23.0 Å². The molecule has 102 valence electrons. The molecule has 1 aromatic heterocycles. The van der Waals surface area contributed by atoms with Gasteiger partial charge in [-0.25, -0.2) is 13.5 Å². The maximum absolute atomic E-state index is 13.5. The van der Waals surface area contributed by atoms with Crippen molar-refractivity contribution in [3.05, 3.63) is 51.4 Å². The Kier molecular flexibility index (Phi) is 2.95. The minimum Gasteiger partial charge on any atom is -0.286 e. The summed E-state index contributed by atoms with van der Waals surface area (Å²) in [6.45, 7) is 0.972. The van der Waals surface area contributed by atoms with Crippen molar-refractivity contribution in [2.45, 2.75) is 13.1 Å². The van der Waals surface area contributed by atoms with Gasteiger partial charge in [0.2, 0.25) is 0 Å². The molecule has 8 heteroatoms. The van der Waals surface area contributed by atoms with Crippen LogP contribution in [0.1, 0.15) is 11.3 Å². The number of alkyl halides is 3. The summed E-state index contributed by atoms with van der Waals surface area (Å²) in [4.78, 5) is 11.6. The number of hydrogen-bond acceptors (Lipinski definition) is 1. The monoisotopic (exact) mass is 278 g/mol. The van der Waals surface area contributed by atoms with E-state index < -0.39 is 40.3 Å². The standard InChI is InChI=1S/C11H7F5N2O/c1-5-9(11(14,15)16)17-18(10(5)19)8-3-2-6(12)4-7(8)13/h2-4,17H,1H3. The van der Waals surface area contributed by atoms with Crippen LogP contribution in [0.4, 0.5) is 22.0 Å². The summed E-state index contributed by atoms with van der Waals surface area (Å²) >= 11 is 0. The maximum Gasteiger partial charge on any atom is 0.433 e. The number of rotatable bonds is 1. The van der Waals surface area contributed by atoms with E-state index in [1.165, 1.54) is 0 Å². The normalized spacial score (nSPS) is 11.9. The number of aromatic nitrogens is 2. The van der Waals surface area contributed by atoms with Crippen LogP contribution < -0.4 is 5.56 Å². The molecule has 0 unspecified atom stereocenters. The second-order valence-electron chi connectivity index (χ2n) is 3.85. The van der Waals surface area contributed by atoms with Crippen molar-refractivity contribution >= 4 is 0 Å². The molecule has 1 heterocycles. The van der Waals surface area contributed by atoms with Gasteiger partial charge in [0.05, 0.1) is 0 Å². The smallest absolute Gasteiger partial charge is 0.286 e. The summed E-state index contributed by atoms with van der Waals surface area (Å²) in [6, 6.07) is 2.20. The van der Waals surface area contributed by atoms with Gasteiger partial charge in [0.25, 0.3) is 5.56 Å². The quantitative estimate of drug-likeness (QED) is 0.800. The molecule has 0 spiro atoms. The Morgan fingerprint density at radius 2 is 1.84 bits per heavy atom. The number of benzene rings is 1. The molecule has 1 aromatic carbocycles. The van der Waals surface area contributed by atoms with Gasteiger partial charge >= 0.3 is 6.18 Å². The lowest BCUT2D eigenvalue weighted by Crippen LogP contribution is -2.17. The second-order valence-corrected chi connectivity index (χ2v) is 3.85. The van der Waals surface area contributed by atoms with Gasteiger partial charge in [-0.05, 0) is 19.1 Å². The van der Waals surface area contributed by atoms with Crippen molar-refractivity contribution in [3.63, 3.8) is 0 Å². The Labute approximate surface area is 103 Å². The highest BCUT2D eigenvalue weighted by molar-refractivity contribution is 5.35. The predicted octanol–water partition coefficient (Wildman–Crippen LogP) is 2.77. The fourth-order valence-electron chi connectivity index (χ4n) is 1.63. The van der Waals surface area contributed by atoms with E-state index in [1.807, 2.05) is 0 Å². The Hall–Kier alpha value is -2.12. The molecule has 3 nitrogen and oxygen atoms in total. The van der Waals surface area contributed by atoms with Crippen LogP contribution in [0.5, 0.6) is 0 Å². The van der Waals surface area contributed by atoms with E-state index in [1.54, 1.807) is 5.10 Å². The molecule has 2 rings (SSSR count). The lowest BCUT2D eigenvalue weighted by Gasteiger charge is -2.05. The summed E-state index contributed by atoms with van der Waals surface area (Å²) in [5.74, 6) is -2.04. The lowest BCUT2D eigenvalue weighted by atomic mass is 10.2. The largest absolute Gasteiger partial charge is 0.433 e. The van der Waals surface area contributed by atoms with Crippen LogP contribution in [0, 0.1) is 18.6 Å². The molecule has 0 atom stereocenters. The number of H-pyrrole nitrogens is 1. The van der Waals surface area contributed by atoms with Crippen LogP contribution in [0.25, 0.3) is 5.69 Å². The molecule has 0 bridgehead atoms. The van der Waals surface area contributed by atoms with E-state index in [0.29, 0.717) is 10.7 Å². The zero-order chi connectivity index (χ0) is 14.4.